The second kappa shape index (κ2) is 21.4. The molecule has 2 aliphatic carbocycles. The molecule has 6 rings (SSSR count). The number of carbonyl (C=O) groups excluding carboxylic acids is 1. The summed E-state index contributed by atoms with van der Waals surface area (Å²) >= 11 is 0. The molecule has 6 atom stereocenters. The topological polar surface area (TPSA) is 153 Å². The highest BCUT2D eigenvalue weighted by atomic mass is 19.1. The number of aliphatic hydroxyl groups is 2. The number of benzene rings is 3. The lowest BCUT2D eigenvalue weighted by molar-refractivity contribution is -0.384. The summed E-state index contributed by atoms with van der Waals surface area (Å²) in [6.07, 6.45) is 12.4. The van der Waals surface area contributed by atoms with Crippen LogP contribution in [0.25, 0.3) is 6.08 Å². The van der Waals surface area contributed by atoms with Gasteiger partial charge in [0.15, 0.2) is 0 Å². The van der Waals surface area contributed by atoms with Gasteiger partial charge in [-0.1, -0.05) is 55.3 Å². The minimum Gasteiger partial charge on any atom is -0.489 e. The SMILES string of the molecule is C=CCO[C@@]12Oc3ccc(OCc4ccccc4F)cc3[C@H]3[C@H](CCCCO)[C@@H](CCCCO)C=C(C(=NOCC)C[C@@H]1N(CCC)C(=O)C=Cc1ccc([N+](=O)[O-])cc1)[C@H]32. The van der Waals surface area contributed by atoms with Gasteiger partial charge in [-0.3, -0.25) is 14.9 Å². The van der Waals surface area contributed by atoms with Gasteiger partial charge in [0.05, 0.1) is 23.2 Å². The molecular formula is C48H58FN3O9. The Morgan fingerprint density at radius 2 is 1.82 bits per heavy atom. The van der Waals surface area contributed by atoms with Gasteiger partial charge in [-0.25, -0.2) is 4.39 Å². The van der Waals surface area contributed by atoms with Crippen molar-refractivity contribution in [2.75, 3.05) is 33.0 Å². The first-order valence-electron chi connectivity index (χ1n) is 21.5. The molecule has 326 valence electrons. The number of allylic oxidation sites excluding steroid dienone is 1. The van der Waals surface area contributed by atoms with Crippen molar-refractivity contribution in [3.63, 3.8) is 0 Å². The number of unbranched alkanes of at least 4 members (excludes halogenated alkanes) is 2. The number of fused-ring (bicyclic) bond motifs is 2. The molecule has 3 aromatic rings. The highest BCUT2D eigenvalue weighted by molar-refractivity contribution is 6.03. The molecule has 1 aliphatic heterocycles. The third-order valence-electron chi connectivity index (χ3n) is 11.9. The number of nitro benzene ring substituents is 1. The first-order chi connectivity index (χ1) is 29.7. The zero-order valence-corrected chi connectivity index (χ0v) is 35.1. The molecule has 1 heterocycles. The molecule has 0 aromatic heterocycles. The van der Waals surface area contributed by atoms with E-state index in [0.29, 0.717) is 60.8 Å². The number of nitrogens with zero attached hydrogens (tertiary/aromatic N) is 3. The molecule has 3 aromatic carbocycles. The summed E-state index contributed by atoms with van der Waals surface area (Å²) in [6, 6.07) is 17.5. The van der Waals surface area contributed by atoms with Crippen LogP contribution >= 0.6 is 0 Å². The van der Waals surface area contributed by atoms with Crippen LogP contribution in [0.2, 0.25) is 0 Å². The number of oxime groups is 1. The van der Waals surface area contributed by atoms with Crippen LogP contribution < -0.4 is 9.47 Å². The van der Waals surface area contributed by atoms with Crippen LogP contribution in [0, 0.1) is 33.7 Å². The van der Waals surface area contributed by atoms with Crippen molar-refractivity contribution in [2.24, 2.45) is 22.9 Å². The van der Waals surface area contributed by atoms with E-state index in [9.17, 15) is 29.5 Å². The average Bonchev–Trinajstić information content (AvgIpc) is 3.27. The van der Waals surface area contributed by atoms with E-state index in [2.05, 4.69) is 12.7 Å². The van der Waals surface area contributed by atoms with Crippen molar-refractivity contribution in [2.45, 2.75) is 89.6 Å². The number of hydrogen-bond acceptors (Lipinski definition) is 10. The fraction of sp³-hybridized carbons (Fsp3) is 0.458. The number of carbonyl (C=O) groups is 1. The van der Waals surface area contributed by atoms with Crippen LogP contribution in [0.1, 0.15) is 87.8 Å². The first-order valence-corrected chi connectivity index (χ1v) is 21.5. The lowest BCUT2D eigenvalue weighted by Crippen LogP contribution is -2.70. The molecule has 0 saturated heterocycles. The molecule has 2 N–H and O–H groups in total. The molecule has 3 aliphatic rings. The molecule has 0 bridgehead atoms. The van der Waals surface area contributed by atoms with Crippen molar-refractivity contribution in [3.8, 4) is 11.5 Å². The molecule has 1 fully saturated rings. The molecule has 61 heavy (non-hydrogen) atoms. The smallest absolute Gasteiger partial charge is 0.269 e. The summed E-state index contributed by atoms with van der Waals surface area (Å²) in [5.41, 5.74) is 3.51. The van der Waals surface area contributed by atoms with Crippen LogP contribution in [-0.4, -0.2) is 76.5 Å². The molecule has 0 spiro atoms. The number of nitro groups is 1. The van der Waals surface area contributed by atoms with E-state index in [1.54, 1.807) is 47.4 Å². The largest absolute Gasteiger partial charge is 0.489 e. The second-order valence-corrected chi connectivity index (χ2v) is 15.8. The zero-order valence-electron chi connectivity index (χ0n) is 35.1. The molecular weight excluding hydrogens is 782 g/mol. The van der Waals surface area contributed by atoms with E-state index in [-0.39, 0.29) is 68.0 Å². The van der Waals surface area contributed by atoms with Crippen molar-refractivity contribution >= 4 is 23.4 Å². The van der Waals surface area contributed by atoms with Gasteiger partial charge < -0.3 is 34.2 Å². The van der Waals surface area contributed by atoms with Gasteiger partial charge in [0.2, 0.25) is 11.7 Å². The van der Waals surface area contributed by atoms with E-state index in [1.165, 1.54) is 24.3 Å². The van der Waals surface area contributed by atoms with Crippen LogP contribution in [0.5, 0.6) is 11.5 Å². The summed E-state index contributed by atoms with van der Waals surface area (Å²) < 4.78 is 35.3. The maximum Gasteiger partial charge on any atom is 0.269 e. The van der Waals surface area contributed by atoms with Gasteiger partial charge in [0.1, 0.15) is 36.6 Å². The third kappa shape index (κ3) is 10.2. The second-order valence-electron chi connectivity index (χ2n) is 15.8. The summed E-state index contributed by atoms with van der Waals surface area (Å²) in [4.78, 5) is 33.0. The van der Waals surface area contributed by atoms with E-state index in [0.717, 1.165) is 36.8 Å². The molecule has 1 saturated carbocycles. The number of aliphatic hydroxyl groups excluding tert-OH is 2. The predicted molar refractivity (Wildman–Crippen MR) is 231 cm³/mol. The monoisotopic (exact) mass is 839 g/mol. The van der Waals surface area contributed by atoms with Crippen molar-refractivity contribution in [1.29, 1.82) is 0 Å². The summed E-state index contributed by atoms with van der Waals surface area (Å²) in [5.74, 6) is -1.66. The minimum absolute atomic E-state index is 0.0135. The highest BCUT2D eigenvalue weighted by Gasteiger charge is 2.65. The van der Waals surface area contributed by atoms with Gasteiger partial charge in [-0.15, -0.1) is 6.58 Å². The van der Waals surface area contributed by atoms with Gasteiger partial charge in [0, 0.05) is 61.4 Å². The minimum atomic E-state index is -1.43. The summed E-state index contributed by atoms with van der Waals surface area (Å²) in [6.45, 7) is 8.83. The number of halogens is 1. The lowest BCUT2D eigenvalue weighted by atomic mass is 9.55. The van der Waals surface area contributed by atoms with Gasteiger partial charge in [-0.05, 0) is 104 Å². The Balaban J connectivity index is 1.53. The van der Waals surface area contributed by atoms with Crippen molar-refractivity contribution < 1.29 is 43.4 Å². The highest BCUT2D eigenvalue weighted by Crippen LogP contribution is 2.62. The van der Waals surface area contributed by atoms with Gasteiger partial charge in [-0.2, -0.15) is 0 Å². The van der Waals surface area contributed by atoms with Crippen molar-refractivity contribution in [3.05, 3.63) is 130 Å². The molecule has 1 amide bonds. The summed E-state index contributed by atoms with van der Waals surface area (Å²) in [7, 11) is 0. The van der Waals surface area contributed by atoms with E-state index < -0.39 is 22.7 Å². The Kier molecular flexibility index (Phi) is 15.9. The first kappa shape index (κ1) is 45.2. The fourth-order valence-corrected chi connectivity index (χ4v) is 9.29. The number of rotatable bonds is 22. The summed E-state index contributed by atoms with van der Waals surface area (Å²) in [5, 5.41) is 35.8. The van der Waals surface area contributed by atoms with E-state index in [4.69, 9.17) is 24.2 Å². The number of amides is 1. The lowest BCUT2D eigenvalue weighted by Gasteiger charge is -2.60. The molecule has 13 heteroatoms. The Morgan fingerprint density at radius 1 is 1.07 bits per heavy atom. The van der Waals surface area contributed by atoms with Crippen LogP contribution in [-0.2, 0) is 21.0 Å². The van der Waals surface area contributed by atoms with E-state index in [1.807, 2.05) is 32.0 Å². The molecule has 0 radical (unpaired) electrons. The zero-order chi connectivity index (χ0) is 43.4. The molecule has 12 nitrogen and oxygen atoms in total. The number of ether oxygens (including phenoxy) is 3. The van der Waals surface area contributed by atoms with E-state index >= 15 is 0 Å². The van der Waals surface area contributed by atoms with Crippen LogP contribution in [0.15, 0.2) is 102 Å². The van der Waals surface area contributed by atoms with Crippen molar-refractivity contribution in [1.82, 2.24) is 4.90 Å². The Bertz CT molecular complexity index is 2070. The van der Waals surface area contributed by atoms with Crippen LogP contribution in [0.4, 0.5) is 10.1 Å². The van der Waals surface area contributed by atoms with Crippen LogP contribution in [0.3, 0.4) is 0 Å². The standard InChI is InChI=1S/C48H58FN3O9/c1-4-25-51(45(55)24-19-33-17-20-36(21-18-33)52(56)57)44-31-42(50-60-6-3)39-29-34(13-9-11-26-53)38(15-10-12-27-54)46-40-30-37(58-32-35-14-7-8-16-41(35)49)22-23-43(40)61-48(44,47(39)46)59-28-5-2/h5,7-8,14,16-24,29-30,34,38,44,46-47,53-54H,2,4,6,9-13,15,25-28,31-32H2,1,3H3/t34-,38+,44-,46+,47+,48+/m0/s1. The number of hydrogen-bond donors (Lipinski definition) is 2. The molecule has 0 unspecified atom stereocenters. The maximum absolute atomic E-state index is 14.7. The normalized spacial score (nSPS) is 23.4. The Morgan fingerprint density at radius 3 is 2.51 bits per heavy atom. The third-order valence-corrected chi connectivity index (χ3v) is 11.9. The van der Waals surface area contributed by atoms with Gasteiger partial charge >= 0.3 is 0 Å². The Hall–Kier alpha value is -5.37. The average molecular weight is 840 g/mol. The van der Waals surface area contributed by atoms with Gasteiger partial charge in [0.25, 0.3) is 5.69 Å². The predicted octanol–water partition coefficient (Wildman–Crippen LogP) is 8.92. The Labute approximate surface area is 357 Å². The quantitative estimate of drug-likeness (QED) is 0.0332. The maximum atomic E-state index is 14.7. The number of non-ortho nitro benzene ring substituents is 1. The fourth-order valence-electron chi connectivity index (χ4n) is 9.29.